The number of aryl methyl sites for hydroxylation is 1. The first-order chi connectivity index (χ1) is 15.6. The number of rotatable bonds is 6. The molecule has 0 saturated carbocycles. The molecular formula is C27H25NO4. The Balaban J connectivity index is 1.73. The average Bonchev–Trinajstić information content (AvgIpc) is 3.16. The minimum absolute atomic E-state index is 0.0976. The third-order valence-electron chi connectivity index (χ3n) is 5.68. The van der Waals surface area contributed by atoms with Gasteiger partial charge in [-0.15, -0.1) is 0 Å². The first-order valence-electron chi connectivity index (χ1n) is 10.5. The summed E-state index contributed by atoms with van der Waals surface area (Å²) in [7, 11) is 2.74. The van der Waals surface area contributed by atoms with Crippen molar-refractivity contribution >= 4 is 23.0 Å². The zero-order valence-corrected chi connectivity index (χ0v) is 18.2. The van der Waals surface area contributed by atoms with Crippen LogP contribution in [0.15, 0.2) is 78.9 Å². The van der Waals surface area contributed by atoms with E-state index in [1.54, 1.807) is 4.57 Å². The Morgan fingerprint density at radius 3 is 2.25 bits per heavy atom. The molecule has 1 heterocycles. The molecule has 0 aliphatic heterocycles. The maximum absolute atomic E-state index is 12.7. The van der Waals surface area contributed by atoms with Crippen LogP contribution in [0.1, 0.15) is 16.8 Å². The lowest BCUT2D eigenvalue weighted by Gasteiger charge is -2.11. The fourth-order valence-electron chi connectivity index (χ4n) is 4.14. The fourth-order valence-corrected chi connectivity index (χ4v) is 4.14. The highest BCUT2D eigenvalue weighted by Crippen LogP contribution is 2.29. The summed E-state index contributed by atoms with van der Waals surface area (Å²) in [4.78, 5) is 24.8. The second-order valence-corrected chi connectivity index (χ2v) is 7.57. The summed E-state index contributed by atoms with van der Waals surface area (Å²) >= 11 is 0. The number of esters is 1. The number of aromatic nitrogens is 1. The van der Waals surface area contributed by atoms with Gasteiger partial charge in [-0.2, -0.15) is 0 Å². The smallest absolute Gasteiger partial charge is 0.418 e. The van der Waals surface area contributed by atoms with Crippen molar-refractivity contribution in [3.8, 4) is 11.1 Å². The Kier molecular flexibility index (Phi) is 6.36. The number of hydrogen-bond acceptors (Lipinski definition) is 4. The normalized spacial score (nSPS) is 10.8. The maximum Gasteiger partial charge on any atom is 0.418 e. The number of fused-ring (bicyclic) bond motifs is 1. The largest absolute Gasteiger partial charge is 0.469 e. The molecule has 3 aromatic carbocycles. The van der Waals surface area contributed by atoms with Crippen molar-refractivity contribution in [1.82, 2.24) is 4.57 Å². The van der Waals surface area contributed by atoms with Crippen LogP contribution in [0.2, 0.25) is 0 Å². The molecule has 0 bridgehead atoms. The molecule has 5 nitrogen and oxygen atoms in total. The van der Waals surface area contributed by atoms with Crippen molar-refractivity contribution in [1.29, 1.82) is 0 Å². The molecule has 0 spiro atoms. The summed E-state index contributed by atoms with van der Waals surface area (Å²) in [6.45, 7) is 0. The van der Waals surface area contributed by atoms with Gasteiger partial charge in [-0.05, 0) is 41.2 Å². The molecule has 0 aliphatic carbocycles. The van der Waals surface area contributed by atoms with Crippen LogP contribution in [0, 0.1) is 0 Å². The van der Waals surface area contributed by atoms with E-state index in [0.717, 1.165) is 38.9 Å². The van der Waals surface area contributed by atoms with E-state index in [4.69, 9.17) is 9.47 Å². The number of para-hydroxylation sites is 1. The van der Waals surface area contributed by atoms with E-state index in [0.29, 0.717) is 12.8 Å². The summed E-state index contributed by atoms with van der Waals surface area (Å²) in [5, 5.41) is 0.858. The first-order valence-corrected chi connectivity index (χ1v) is 10.5. The summed E-state index contributed by atoms with van der Waals surface area (Å²) in [5.74, 6) is -0.343. The van der Waals surface area contributed by atoms with Crippen LogP contribution in [0.4, 0.5) is 4.79 Å². The fraction of sp³-hybridized carbons (Fsp3) is 0.185. The molecular weight excluding hydrogens is 402 g/mol. The molecule has 0 atom stereocenters. The third kappa shape index (κ3) is 4.28. The molecule has 5 heteroatoms. The second kappa shape index (κ2) is 9.52. The average molecular weight is 428 g/mol. The number of nitrogens with zero attached hydrogens (tertiary/aromatic N) is 1. The molecule has 0 aliphatic rings. The van der Waals surface area contributed by atoms with E-state index < -0.39 is 6.09 Å². The van der Waals surface area contributed by atoms with Gasteiger partial charge in [0.1, 0.15) is 0 Å². The Morgan fingerprint density at radius 2 is 1.50 bits per heavy atom. The molecule has 4 rings (SSSR count). The van der Waals surface area contributed by atoms with E-state index in [-0.39, 0.29) is 12.4 Å². The predicted molar refractivity (Wildman–Crippen MR) is 125 cm³/mol. The summed E-state index contributed by atoms with van der Waals surface area (Å²) in [5.41, 5.74) is 5.75. The van der Waals surface area contributed by atoms with E-state index in [1.807, 2.05) is 48.5 Å². The zero-order chi connectivity index (χ0) is 22.5. The molecule has 0 unspecified atom stereocenters. The standard InChI is InChI=1S/C27H25NO4/c1-31-26(29)18-23-22-13-6-7-14-24(22)28(27(30)32-2)25(23)16-15-19-9-8-12-21(17-19)20-10-4-3-5-11-20/h3-14,17H,15-16,18H2,1-2H3. The maximum atomic E-state index is 12.7. The van der Waals surface area contributed by atoms with Gasteiger partial charge in [0, 0.05) is 11.1 Å². The Labute approximate surface area is 187 Å². The molecule has 0 fully saturated rings. The molecule has 0 radical (unpaired) electrons. The highest BCUT2D eigenvalue weighted by atomic mass is 16.5. The SMILES string of the molecule is COC(=O)Cc1c(CCc2cccc(-c3ccccc3)c2)n(C(=O)OC)c2ccccc12. The quantitative estimate of drug-likeness (QED) is 0.385. The van der Waals surface area contributed by atoms with Crippen LogP contribution in [0.5, 0.6) is 0 Å². The lowest BCUT2D eigenvalue weighted by molar-refractivity contribution is -0.139. The molecule has 162 valence electrons. The van der Waals surface area contributed by atoms with Crippen molar-refractivity contribution in [3.05, 3.63) is 95.7 Å². The first kappa shape index (κ1) is 21.4. The molecule has 0 saturated heterocycles. The van der Waals surface area contributed by atoms with Gasteiger partial charge in [0.05, 0.1) is 26.2 Å². The van der Waals surface area contributed by atoms with Crippen LogP contribution in [0.3, 0.4) is 0 Å². The molecule has 0 amide bonds. The predicted octanol–water partition coefficient (Wildman–Crippen LogP) is 5.42. The van der Waals surface area contributed by atoms with E-state index >= 15 is 0 Å². The molecule has 0 N–H and O–H groups in total. The van der Waals surface area contributed by atoms with Gasteiger partial charge in [0.15, 0.2) is 0 Å². The third-order valence-corrected chi connectivity index (χ3v) is 5.68. The molecule has 1 aromatic heterocycles. The van der Waals surface area contributed by atoms with Crippen molar-refractivity contribution < 1.29 is 19.1 Å². The lowest BCUT2D eigenvalue weighted by Crippen LogP contribution is -2.16. The highest BCUT2D eigenvalue weighted by molar-refractivity contribution is 5.95. The van der Waals surface area contributed by atoms with E-state index in [1.165, 1.54) is 14.2 Å². The van der Waals surface area contributed by atoms with Crippen LogP contribution in [-0.2, 0) is 33.5 Å². The van der Waals surface area contributed by atoms with Crippen molar-refractivity contribution in [2.75, 3.05) is 14.2 Å². The number of benzene rings is 3. The van der Waals surface area contributed by atoms with Crippen molar-refractivity contribution in [2.45, 2.75) is 19.3 Å². The Morgan fingerprint density at radius 1 is 0.781 bits per heavy atom. The zero-order valence-electron chi connectivity index (χ0n) is 18.2. The van der Waals surface area contributed by atoms with Gasteiger partial charge in [-0.1, -0.05) is 72.8 Å². The monoisotopic (exact) mass is 427 g/mol. The van der Waals surface area contributed by atoms with Crippen LogP contribution in [-0.4, -0.2) is 30.8 Å². The van der Waals surface area contributed by atoms with Crippen LogP contribution in [0.25, 0.3) is 22.0 Å². The van der Waals surface area contributed by atoms with Gasteiger partial charge in [-0.25, -0.2) is 9.36 Å². The second-order valence-electron chi connectivity index (χ2n) is 7.57. The molecule has 32 heavy (non-hydrogen) atoms. The van der Waals surface area contributed by atoms with Gasteiger partial charge < -0.3 is 9.47 Å². The van der Waals surface area contributed by atoms with Gasteiger partial charge in [0.25, 0.3) is 0 Å². The van der Waals surface area contributed by atoms with E-state index in [2.05, 4.69) is 30.3 Å². The number of methoxy groups -OCH3 is 2. The van der Waals surface area contributed by atoms with Crippen LogP contribution < -0.4 is 0 Å². The Bertz CT molecular complexity index is 1260. The number of ether oxygens (including phenoxy) is 2. The minimum Gasteiger partial charge on any atom is -0.469 e. The number of carbonyl (C=O) groups is 2. The van der Waals surface area contributed by atoms with Gasteiger partial charge in [0.2, 0.25) is 0 Å². The summed E-state index contributed by atoms with van der Waals surface area (Å²) < 4.78 is 11.6. The van der Waals surface area contributed by atoms with Gasteiger partial charge in [-0.3, -0.25) is 4.79 Å². The lowest BCUT2D eigenvalue weighted by atomic mass is 9.99. The summed E-state index contributed by atoms with van der Waals surface area (Å²) in [6, 6.07) is 26.2. The van der Waals surface area contributed by atoms with Gasteiger partial charge >= 0.3 is 12.1 Å². The van der Waals surface area contributed by atoms with Crippen molar-refractivity contribution in [2.24, 2.45) is 0 Å². The minimum atomic E-state index is -0.467. The summed E-state index contributed by atoms with van der Waals surface area (Å²) in [6.07, 6.45) is 0.919. The van der Waals surface area contributed by atoms with Crippen LogP contribution >= 0.6 is 0 Å². The number of carbonyl (C=O) groups excluding carboxylic acids is 2. The highest BCUT2D eigenvalue weighted by Gasteiger charge is 2.23. The Hall–Kier alpha value is -3.86. The van der Waals surface area contributed by atoms with Crippen molar-refractivity contribution in [3.63, 3.8) is 0 Å². The number of hydrogen-bond donors (Lipinski definition) is 0. The topological polar surface area (TPSA) is 57.5 Å². The van der Waals surface area contributed by atoms with E-state index in [9.17, 15) is 9.59 Å². The molecule has 4 aromatic rings.